The molecule has 1 saturated heterocycles. The SMILES string of the molecule is Cc1nc(CN2CCCCCC2CCl)sc1C. The fraction of sp³-hybridized carbons (Fsp3) is 0.769. The average Bonchev–Trinajstić information content (AvgIpc) is 2.53. The van der Waals surface area contributed by atoms with Gasteiger partial charge in [0.05, 0.1) is 12.2 Å². The number of alkyl halides is 1. The maximum atomic E-state index is 6.09. The molecule has 2 nitrogen and oxygen atoms in total. The molecule has 2 heterocycles. The van der Waals surface area contributed by atoms with Gasteiger partial charge in [0.2, 0.25) is 0 Å². The Bertz CT molecular complexity index is 345. The van der Waals surface area contributed by atoms with Crippen molar-refractivity contribution in [2.24, 2.45) is 0 Å². The van der Waals surface area contributed by atoms with Gasteiger partial charge in [-0.15, -0.1) is 22.9 Å². The van der Waals surface area contributed by atoms with Crippen LogP contribution in [-0.2, 0) is 6.54 Å². The number of nitrogens with zero attached hydrogens (tertiary/aromatic N) is 2. The molecule has 1 aliphatic heterocycles. The topological polar surface area (TPSA) is 16.1 Å². The Morgan fingerprint density at radius 3 is 2.82 bits per heavy atom. The molecule has 0 aromatic carbocycles. The number of hydrogen-bond donors (Lipinski definition) is 0. The quantitative estimate of drug-likeness (QED) is 0.779. The highest BCUT2D eigenvalue weighted by Crippen LogP contribution is 2.23. The van der Waals surface area contributed by atoms with Crippen LogP contribution < -0.4 is 0 Å². The molecule has 1 aromatic heterocycles. The molecule has 0 N–H and O–H groups in total. The van der Waals surface area contributed by atoms with Crippen LogP contribution in [-0.4, -0.2) is 28.4 Å². The Balaban J connectivity index is 2.04. The van der Waals surface area contributed by atoms with E-state index in [4.69, 9.17) is 11.6 Å². The van der Waals surface area contributed by atoms with E-state index in [1.807, 2.05) is 11.3 Å². The summed E-state index contributed by atoms with van der Waals surface area (Å²) in [7, 11) is 0. The van der Waals surface area contributed by atoms with Crippen molar-refractivity contribution < 1.29 is 0 Å². The summed E-state index contributed by atoms with van der Waals surface area (Å²) in [4.78, 5) is 8.51. The molecule has 1 aromatic rings. The molecular formula is C13H21ClN2S. The number of hydrogen-bond acceptors (Lipinski definition) is 3. The minimum Gasteiger partial charge on any atom is -0.293 e. The van der Waals surface area contributed by atoms with Crippen molar-refractivity contribution in [1.82, 2.24) is 9.88 Å². The number of likely N-dealkylation sites (tertiary alicyclic amines) is 1. The summed E-state index contributed by atoms with van der Waals surface area (Å²) in [6, 6.07) is 0.545. The molecule has 0 saturated carbocycles. The van der Waals surface area contributed by atoms with E-state index in [0.717, 1.165) is 12.4 Å². The predicted molar refractivity (Wildman–Crippen MR) is 75.0 cm³/mol. The molecule has 17 heavy (non-hydrogen) atoms. The van der Waals surface area contributed by atoms with Crippen LogP contribution in [0.4, 0.5) is 0 Å². The van der Waals surface area contributed by atoms with Gasteiger partial charge < -0.3 is 0 Å². The monoisotopic (exact) mass is 272 g/mol. The lowest BCUT2D eigenvalue weighted by molar-refractivity contribution is 0.207. The standard InChI is InChI=1S/C13H21ClN2S/c1-10-11(2)17-13(15-10)9-16-7-5-3-4-6-12(16)8-14/h12H,3-9H2,1-2H3. The number of rotatable bonds is 3. The van der Waals surface area contributed by atoms with E-state index in [0.29, 0.717) is 6.04 Å². The summed E-state index contributed by atoms with van der Waals surface area (Å²) in [5.74, 6) is 0.753. The fourth-order valence-electron chi connectivity index (χ4n) is 2.40. The van der Waals surface area contributed by atoms with E-state index in [-0.39, 0.29) is 0 Å². The molecule has 1 aliphatic rings. The third-order valence-corrected chi connectivity index (χ3v) is 5.00. The zero-order valence-corrected chi connectivity index (χ0v) is 12.3. The number of halogens is 1. The smallest absolute Gasteiger partial charge is 0.107 e. The third kappa shape index (κ3) is 3.43. The number of aromatic nitrogens is 1. The molecule has 96 valence electrons. The van der Waals surface area contributed by atoms with Gasteiger partial charge in [-0.05, 0) is 33.2 Å². The van der Waals surface area contributed by atoms with E-state index in [1.165, 1.54) is 47.8 Å². The van der Waals surface area contributed by atoms with Crippen molar-refractivity contribution >= 4 is 22.9 Å². The highest BCUT2D eigenvalue weighted by atomic mass is 35.5. The molecule has 0 aliphatic carbocycles. The second-order valence-corrected chi connectivity index (χ2v) is 6.47. The van der Waals surface area contributed by atoms with Gasteiger partial charge in [-0.1, -0.05) is 12.8 Å². The van der Waals surface area contributed by atoms with Gasteiger partial charge in [0, 0.05) is 16.8 Å². The first kappa shape index (κ1) is 13.3. The lowest BCUT2D eigenvalue weighted by atomic mass is 10.1. The Hall–Kier alpha value is -0.120. The summed E-state index contributed by atoms with van der Waals surface area (Å²) < 4.78 is 0. The summed E-state index contributed by atoms with van der Waals surface area (Å²) in [5.41, 5.74) is 1.18. The van der Waals surface area contributed by atoms with E-state index >= 15 is 0 Å². The second kappa shape index (κ2) is 6.17. The van der Waals surface area contributed by atoms with Crippen LogP contribution in [0.15, 0.2) is 0 Å². The summed E-state index contributed by atoms with van der Waals surface area (Å²) >= 11 is 7.92. The molecule has 1 unspecified atom stereocenters. The number of thiazole rings is 1. The van der Waals surface area contributed by atoms with Gasteiger partial charge in [0.25, 0.3) is 0 Å². The van der Waals surface area contributed by atoms with Crippen LogP contribution in [0.2, 0.25) is 0 Å². The van der Waals surface area contributed by atoms with Crippen molar-refractivity contribution in [3.05, 3.63) is 15.6 Å². The minimum atomic E-state index is 0.545. The van der Waals surface area contributed by atoms with Crippen molar-refractivity contribution in [3.63, 3.8) is 0 Å². The predicted octanol–water partition coefficient (Wildman–Crippen LogP) is 3.74. The van der Waals surface area contributed by atoms with Crippen LogP contribution >= 0.6 is 22.9 Å². The van der Waals surface area contributed by atoms with Crippen LogP contribution in [0.5, 0.6) is 0 Å². The zero-order valence-electron chi connectivity index (χ0n) is 10.7. The molecule has 0 bridgehead atoms. The number of aryl methyl sites for hydroxylation is 2. The highest BCUT2D eigenvalue weighted by Gasteiger charge is 2.21. The first-order valence-electron chi connectivity index (χ1n) is 6.43. The molecule has 0 spiro atoms. The Morgan fingerprint density at radius 1 is 1.35 bits per heavy atom. The largest absolute Gasteiger partial charge is 0.293 e. The average molecular weight is 273 g/mol. The van der Waals surface area contributed by atoms with Gasteiger partial charge in [0.1, 0.15) is 5.01 Å². The fourth-order valence-corrected chi connectivity index (χ4v) is 3.71. The van der Waals surface area contributed by atoms with Gasteiger partial charge in [0.15, 0.2) is 0 Å². The summed E-state index contributed by atoms with van der Waals surface area (Å²) in [5, 5.41) is 1.25. The van der Waals surface area contributed by atoms with Crippen molar-refractivity contribution in [2.75, 3.05) is 12.4 Å². The Labute approximate surface area is 113 Å². The van der Waals surface area contributed by atoms with Crippen molar-refractivity contribution in [3.8, 4) is 0 Å². The van der Waals surface area contributed by atoms with E-state index in [1.54, 1.807) is 0 Å². The molecule has 4 heteroatoms. The van der Waals surface area contributed by atoms with Gasteiger partial charge in [-0.2, -0.15) is 0 Å². The van der Waals surface area contributed by atoms with Crippen LogP contribution in [0, 0.1) is 13.8 Å². The summed E-state index contributed by atoms with van der Waals surface area (Å²) in [6.45, 7) is 6.40. The lowest BCUT2D eigenvalue weighted by Gasteiger charge is -2.27. The molecular weight excluding hydrogens is 252 g/mol. The molecule has 1 atom stereocenters. The zero-order chi connectivity index (χ0) is 12.3. The molecule has 0 radical (unpaired) electrons. The second-order valence-electron chi connectivity index (χ2n) is 4.88. The Morgan fingerprint density at radius 2 is 2.18 bits per heavy atom. The first-order chi connectivity index (χ1) is 8.20. The lowest BCUT2D eigenvalue weighted by Crippen LogP contribution is -2.35. The van der Waals surface area contributed by atoms with E-state index < -0.39 is 0 Å². The third-order valence-electron chi connectivity index (χ3n) is 3.59. The van der Waals surface area contributed by atoms with Crippen molar-refractivity contribution in [1.29, 1.82) is 0 Å². The van der Waals surface area contributed by atoms with E-state index in [9.17, 15) is 0 Å². The molecule has 0 amide bonds. The maximum absolute atomic E-state index is 6.09. The minimum absolute atomic E-state index is 0.545. The van der Waals surface area contributed by atoms with Gasteiger partial charge in [-0.3, -0.25) is 4.90 Å². The highest BCUT2D eigenvalue weighted by molar-refractivity contribution is 7.11. The first-order valence-corrected chi connectivity index (χ1v) is 7.78. The van der Waals surface area contributed by atoms with Crippen molar-refractivity contribution in [2.45, 2.75) is 52.1 Å². The summed E-state index contributed by atoms with van der Waals surface area (Å²) in [6.07, 6.45) is 5.22. The van der Waals surface area contributed by atoms with Crippen LogP contribution in [0.3, 0.4) is 0 Å². The molecule has 2 rings (SSSR count). The maximum Gasteiger partial charge on any atom is 0.107 e. The Kier molecular flexibility index (Phi) is 4.83. The van der Waals surface area contributed by atoms with Crippen LogP contribution in [0.1, 0.15) is 41.3 Å². The van der Waals surface area contributed by atoms with Crippen LogP contribution in [0.25, 0.3) is 0 Å². The molecule has 1 fully saturated rings. The normalized spacial score (nSPS) is 22.6. The van der Waals surface area contributed by atoms with E-state index in [2.05, 4.69) is 23.7 Å². The van der Waals surface area contributed by atoms with Gasteiger partial charge >= 0.3 is 0 Å². The van der Waals surface area contributed by atoms with Gasteiger partial charge in [-0.25, -0.2) is 4.98 Å².